The highest BCUT2D eigenvalue weighted by Gasteiger charge is 2.17. The number of anilines is 1. The molecule has 0 aliphatic carbocycles. The van der Waals surface area contributed by atoms with E-state index in [1.807, 2.05) is 18.2 Å². The number of ketones is 1. The molecule has 0 spiro atoms. The van der Waals surface area contributed by atoms with E-state index in [4.69, 9.17) is 10.5 Å². The Morgan fingerprint density at radius 3 is 2.72 bits per heavy atom. The number of nitrogens with zero attached hydrogens (tertiary/aromatic N) is 1. The average Bonchev–Trinajstić information content (AvgIpc) is 2.92. The predicted molar refractivity (Wildman–Crippen MR) is 72.4 cm³/mol. The summed E-state index contributed by atoms with van der Waals surface area (Å²) < 4.78 is 5.25. The van der Waals surface area contributed by atoms with Crippen molar-refractivity contribution in [1.29, 1.82) is 0 Å². The first-order valence-corrected chi connectivity index (χ1v) is 6.42. The molecule has 1 aromatic rings. The van der Waals surface area contributed by atoms with Crippen LogP contribution in [0.1, 0.15) is 29.6 Å². The van der Waals surface area contributed by atoms with Gasteiger partial charge in [0.05, 0.1) is 12.7 Å². The van der Waals surface area contributed by atoms with Gasteiger partial charge in [0, 0.05) is 25.2 Å². The second-order valence-corrected chi connectivity index (χ2v) is 4.54. The Morgan fingerprint density at radius 1 is 1.39 bits per heavy atom. The van der Waals surface area contributed by atoms with Gasteiger partial charge >= 0.3 is 0 Å². The molecule has 98 valence electrons. The van der Waals surface area contributed by atoms with Crippen molar-refractivity contribution in [3.8, 4) is 5.75 Å². The van der Waals surface area contributed by atoms with Crippen molar-refractivity contribution in [2.24, 2.45) is 5.73 Å². The fraction of sp³-hybridized carbons (Fsp3) is 0.500. The minimum atomic E-state index is 0.0513. The summed E-state index contributed by atoms with van der Waals surface area (Å²) in [4.78, 5) is 14.3. The van der Waals surface area contributed by atoms with Crippen molar-refractivity contribution in [3.63, 3.8) is 0 Å². The monoisotopic (exact) mass is 248 g/mol. The number of Topliss-reactive ketones (excluding diaryl/α,β-unsaturated/α-hetero) is 1. The third-order valence-corrected chi connectivity index (χ3v) is 3.33. The summed E-state index contributed by atoms with van der Waals surface area (Å²) in [6.07, 6.45) is 2.80. The SMILES string of the molecule is COc1ccc(N2CCCC2)cc1C(=O)CCN. The first-order valence-electron chi connectivity index (χ1n) is 6.42. The van der Waals surface area contributed by atoms with Crippen LogP contribution in [0.15, 0.2) is 18.2 Å². The first kappa shape index (κ1) is 12.9. The molecule has 1 aliphatic rings. The Labute approximate surface area is 108 Å². The Kier molecular flexibility index (Phi) is 4.20. The third kappa shape index (κ3) is 2.64. The minimum absolute atomic E-state index is 0.0513. The smallest absolute Gasteiger partial charge is 0.167 e. The van der Waals surface area contributed by atoms with Crippen molar-refractivity contribution in [3.05, 3.63) is 23.8 Å². The van der Waals surface area contributed by atoms with Gasteiger partial charge in [-0.1, -0.05) is 0 Å². The summed E-state index contributed by atoms with van der Waals surface area (Å²) in [6, 6.07) is 5.82. The van der Waals surface area contributed by atoms with E-state index < -0.39 is 0 Å². The van der Waals surface area contributed by atoms with Gasteiger partial charge in [0.1, 0.15) is 5.75 Å². The average molecular weight is 248 g/mol. The van der Waals surface area contributed by atoms with E-state index in [-0.39, 0.29) is 5.78 Å². The maximum Gasteiger partial charge on any atom is 0.167 e. The number of rotatable bonds is 5. The summed E-state index contributed by atoms with van der Waals surface area (Å²) in [6.45, 7) is 2.50. The molecular formula is C14H20N2O2. The Balaban J connectivity index is 2.29. The Morgan fingerprint density at radius 2 is 2.11 bits per heavy atom. The normalized spacial score (nSPS) is 14.9. The third-order valence-electron chi connectivity index (χ3n) is 3.33. The lowest BCUT2D eigenvalue weighted by molar-refractivity contribution is 0.0982. The lowest BCUT2D eigenvalue weighted by Gasteiger charge is -2.19. The standard InChI is InChI=1S/C14H20N2O2/c1-18-14-5-4-11(16-8-2-3-9-16)10-12(14)13(17)6-7-15/h4-5,10H,2-3,6-9,15H2,1H3. The summed E-state index contributed by atoms with van der Waals surface area (Å²) in [5.41, 5.74) is 7.20. The Hall–Kier alpha value is -1.55. The fourth-order valence-electron chi connectivity index (χ4n) is 2.35. The number of methoxy groups -OCH3 is 1. The second-order valence-electron chi connectivity index (χ2n) is 4.54. The van der Waals surface area contributed by atoms with Crippen LogP contribution in [-0.2, 0) is 0 Å². The molecule has 1 saturated heterocycles. The molecule has 4 nitrogen and oxygen atoms in total. The number of carbonyl (C=O) groups is 1. The first-order chi connectivity index (χ1) is 8.76. The topological polar surface area (TPSA) is 55.6 Å². The molecule has 0 saturated carbocycles. The molecule has 4 heteroatoms. The molecule has 0 unspecified atom stereocenters. The van der Waals surface area contributed by atoms with Crippen LogP contribution in [0.2, 0.25) is 0 Å². The molecule has 0 radical (unpaired) electrons. The van der Waals surface area contributed by atoms with Crippen LogP contribution in [-0.4, -0.2) is 32.5 Å². The number of carbonyl (C=O) groups excluding carboxylic acids is 1. The van der Waals surface area contributed by atoms with E-state index in [2.05, 4.69) is 4.90 Å². The fourth-order valence-corrected chi connectivity index (χ4v) is 2.35. The van der Waals surface area contributed by atoms with Crippen LogP contribution in [0.4, 0.5) is 5.69 Å². The van der Waals surface area contributed by atoms with Gasteiger partial charge < -0.3 is 15.4 Å². The van der Waals surface area contributed by atoms with Crippen LogP contribution in [0, 0.1) is 0 Å². The maximum absolute atomic E-state index is 12.0. The minimum Gasteiger partial charge on any atom is -0.496 e. The van der Waals surface area contributed by atoms with Crippen LogP contribution in [0.5, 0.6) is 5.75 Å². The van der Waals surface area contributed by atoms with E-state index in [0.717, 1.165) is 18.8 Å². The largest absolute Gasteiger partial charge is 0.496 e. The Bertz CT molecular complexity index is 426. The lowest BCUT2D eigenvalue weighted by atomic mass is 10.1. The van der Waals surface area contributed by atoms with Crippen LogP contribution in [0.3, 0.4) is 0 Å². The van der Waals surface area contributed by atoms with Gasteiger partial charge in [-0.2, -0.15) is 0 Å². The van der Waals surface area contributed by atoms with Gasteiger partial charge in [-0.25, -0.2) is 0 Å². The molecule has 1 aromatic carbocycles. The highest BCUT2D eigenvalue weighted by Crippen LogP contribution is 2.28. The van der Waals surface area contributed by atoms with E-state index in [1.54, 1.807) is 7.11 Å². The van der Waals surface area contributed by atoms with E-state index >= 15 is 0 Å². The summed E-state index contributed by atoms with van der Waals surface area (Å²) >= 11 is 0. The van der Waals surface area contributed by atoms with Gasteiger partial charge in [0.15, 0.2) is 5.78 Å². The molecule has 0 bridgehead atoms. The molecule has 2 rings (SSSR count). The zero-order valence-corrected chi connectivity index (χ0v) is 10.8. The molecule has 0 amide bonds. The highest BCUT2D eigenvalue weighted by atomic mass is 16.5. The number of nitrogens with two attached hydrogens (primary N) is 1. The molecular weight excluding hydrogens is 228 g/mol. The van der Waals surface area contributed by atoms with Crippen LogP contribution in [0.25, 0.3) is 0 Å². The molecule has 1 heterocycles. The quantitative estimate of drug-likeness (QED) is 0.808. The van der Waals surface area contributed by atoms with Crippen LogP contribution >= 0.6 is 0 Å². The molecule has 0 atom stereocenters. The van der Waals surface area contributed by atoms with Crippen LogP contribution < -0.4 is 15.4 Å². The number of ether oxygens (including phenoxy) is 1. The number of benzene rings is 1. The summed E-state index contributed by atoms with van der Waals surface area (Å²) in [5, 5.41) is 0. The van der Waals surface area contributed by atoms with E-state index in [9.17, 15) is 4.79 Å². The summed E-state index contributed by atoms with van der Waals surface area (Å²) in [5.74, 6) is 0.687. The van der Waals surface area contributed by atoms with Gasteiger partial charge in [-0.15, -0.1) is 0 Å². The number of hydrogen-bond acceptors (Lipinski definition) is 4. The molecule has 1 aliphatic heterocycles. The van der Waals surface area contributed by atoms with E-state index in [1.165, 1.54) is 12.8 Å². The van der Waals surface area contributed by atoms with Crippen molar-refractivity contribution in [1.82, 2.24) is 0 Å². The molecule has 0 aromatic heterocycles. The lowest BCUT2D eigenvalue weighted by Crippen LogP contribution is -2.18. The van der Waals surface area contributed by atoms with Crippen molar-refractivity contribution >= 4 is 11.5 Å². The van der Waals surface area contributed by atoms with Crippen molar-refractivity contribution in [2.75, 3.05) is 31.6 Å². The number of hydrogen-bond donors (Lipinski definition) is 1. The van der Waals surface area contributed by atoms with Crippen molar-refractivity contribution < 1.29 is 9.53 Å². The van der Waals surface area contributed by atoms with Crippen molar-refractivity contribution in [2.45, 2.75) is 19.3 Å². The second kappa shape index (κ2) is 5.87. The maximum atomic E-state index is 12.0. The highest BCUT2D eigenvalue weighted by molar-refractivity contribution is 5.99. The van der Waals surface area contributed by atoms with Gasteiger partial charge in [-0.05, 0) is 37.6 Å². The van der Waals surface area contributed by atoms with Gasteiger partial charge in [0.25, 0.3) is 0 Å². The molecule has 1 fully saturated rings. The van der Waals surface area contributed by atoms with Gasteiger partial charge in [0.2, 0.25) is 0 Å². The zero-order chi connectivity index (χ0) is 13.0. The summed E-state index contributed by atoms with van der Waals surface area (Å²) in [7, 11) is 1.59. The van der Waals surface area contributed by atoms with Gasteiger partial charge in [-0.3, -0.25) is 4.79 Å². The zero-order valence-electron chi connectivity index (χ0n) is 10.8. The molecule has 2 N–H and O–H groups in total. The van der Waals surface area contributed by atoms with E-state index in [0.29, 0.717) is 24.3 Å². The molecule has 18 heavy (non-hydrogen) atoms. The predicted octanol–water partition coefficient (Wildman–Crippen LogP) is 1.83.